The molecule has 0 saturated carbocycles. The first-order valence-corrected chi connectivity index (χ1v) is 5.81. The summed E-state index contributed by atoms with van der Waals surface area (Å²) in [5, 5.41) is 9.25. The average molecular weight is 236 g/mol. The number of Topliss-reactive ketones (excluding diaryl/α,β-unsaturated/α-hetero) is 1. The number of carbonyl (C=O) groups is 1. The molecule has 0 aliphatic rings. The Morgan fingerprint density at radius 3 is 2.47 bits per heavy atom. The normalized spacial score (nSPS) is 12.6. The second-order valence-electron chi connectivity index (χ2n) is 4.58. The summed E-state index contributed by atoms with van der Waals surface area (Å²) in [7, 11) is 1.61. The summed E-state index contributed by atoms with van der Waals surface area (Å²) in [4.78, 5) is 12.2. The van der Waals surface area contributed by atoms with E-state index in [9.17, 15) is 9.90 Å². The van der Waals surface area contributed by atoms with Gasteiger partial charge in [0.15, 0.2) is 5.78 Å². The van der Waals surface area contributed by atoms with E-state index in [4.69, 9.17) is 4.74 Å². The largest absolute Gasteiger partial charge is 0.496 e. The Bertz CT molecular complexity index is 396. The van der Waals surface area contributed by atoms with E-state index in [0.29, 0.717) is 5.56 Å². The molecule has 0 aliphatic heterocycles. The van der Waals surface area contributed by atoms with Crippen LogP contribution >= 0.6 is 0 Å². The Balaban J connectivity index is 3.00. The topological polar surface area (TPSA) is 46.5 Å². The molecular weight excluding hydrogens is 216 g/mol. The number of aliphatic hydroxyl groups is 1. The maximum atomic E-state index is 12.2. The van der Waals surface area contributed by atoms with Crippen molar-refractivity contribution in [2.75, 3.05) is 13.7 Å². The van der Waals surface area contributed by atoms with Gasteiger partial charge >= 0.3 is 0 Å². The minimum atomic E-state index is -0.331. The van der Waals surface area contributed by atoms with Crippen molar-refractivity contribution in [1.29, 1.82) is 0 Å². The second kappa shape index (κ2) is 5.82. The van der Waals surface area contributed by atoms with E-state index in [-0.39, 0.29) is 24.2 Å². The first-order valence-electron chi connectivity index (χ1n) is 5.81. The van der Waals surface area contributed by atoms with Crippen LogP contribution in [0, 0.1) is 18.8 Å². The van der Waals surface area contributed by atoms with E-state index in [2.05, 4.69) is 0 Å². The molecule has 3 nitrogen and oxygen atoms in total. The van der Waals surface area contributed by atoms with Crippen LogP contribution in [-0.4, -0.2) is 24.6 Å². The molecule has 94 valence electrons. The number of methoxy groups -OCH3 is 1. The number of hydrogen-bond donors (Lipinski definition) is 1. The molecule has 0 saturated heterocycles. The number of carbonyl (C=O) groups excluding carboxylic acids is 1. The van der Waals surface area contributed by atoms with Gasteiger partial charge in [0.1, 0.15) is 5.75 Å². The summed E-state index contributed by atoms with van der Waals surface area (Å²) in [5.41, 5.74) is 1.56. The van der Waals surface area contributed by atoms with Crippen LogP contribution in [0.1, 0.15) is 29.8 Å². The molecule has 0 aromatic heterocycles. The first kappa shape index (κ1) is 13.7. The fraction of sp³-hybridized carbons (Fsp3) is 0.500. The summed E-state index contributed by atoms with van der Waals surface area (Å²) >= 11 is 0. The van der Waals surface area contributed by atoms with Crippen LogP contribution in [-0.2, 0) is 0 Å². The predicted octanol–water partition coefficient (Wildman–Crippen LogP) is 2.45. The lowest BCUT2D eigenvalue weighted by molar-refractivity contribution is 0.0806. The van der Waals surface area contributed by atoms with Crippen molar-refractivity contribution in [3.05, 3.63) is 29.3 Å². The molecule has 1 aromatic carbocycles. The maximum absolute atomic E-state index is 12.2. The number of benzene rings is 1. The zero-order valence-corrected chi connectivity index (χ0v) is 10.9. The molecule has 17 heavy (non-hydrogen) atoms. The summed E-state index contributed by atoms with van der Waals surface area (Å²) < 4.78 is 5.15. The van der Waals surface area contributed by atoms with Gasteiger partial charge in [-0.25, -0.2) is 0 Å². The molecule has 0 aliphatic carbocycles. The van der Waals surface area contributed by atoms with Crippen LogP contribution in [0.5, 0.6) is 5.75 Å². The molecule has 0 heterocycles. The lowest BCUT2D eigenvalue weighted by Gasteiger charge is -2.17. The SMILES string of the molecule is COc1ccc(C(=O)C(CO)C(C)C)cc1C. The van der Waals surface area contributed by atoms with Crippen molar-refractivity contribution in [3.63, 3.8) is 0 Å². The third kappa shape index (κ3) is 3.07. The number of ketones is 1. The van der Waals surface area contributed by atoms with Gasteiger partial charge in [-0.15, -0.1) is 0 Å². The molecular formula is C14H20O3. The minimum absolute atomic E-state index is 0.00625. The van der Waals surface area contributed by atoms with E-state index < -0.39 is 0 Å². The molecule has 0 bridgehead atoms. The monoisotopic (exact) mass is 236 g/mol. The van der Waals surface area contributed by atoms with Gasteiger partial charge in [0.2, 0.25) is 0 Å². The Morgan fingerprint density at radius 1 is 1.41 bits per heavy atom. The van der Waals surface area contributed by atoms with E-state index in [1.165, 1.54) is 0 Å². The molecule has 0 spiro atoms. The zero-order valence-electron chi connectivity index (χ0n) is 10.9. The summed E-state index contributed by atoms with van der Waals surface area (Å²) in [6.07, 6.45) is 0. The average Bonchev–Trinajstić information content (AvgIpc) is 2.29. The van der Waals surface area contributed by atoms with Crippen LogP contribution in [0.4, 0.5) is 0 Å². The number of aryl methyl sites for hydroxylation is 1. The van der Waals surface area contributed by atoms with Crippen molar-refractivity contribution in [2.24, 2.45) is 11.8 Å². The Hall–Kier alpha value is -1.35. The minimum Gasteiger partial charge on any atom is -0.496 e. The van der Waals surface area contributed by atoms with Crippen molar-refractivity contribution in [3.8, 4) is 5.75 Å². The predicted molar refractivity (Wildman–Crippen MR) is 67.5 cm³/mol. The van der Waals surface area contributed by atoms with E-state index in [0.717, 1.165) is 11.3 Å². The van der Waals surface area contributed by atoms with Crippen molar-refractivity contribution in [1.82, 2.24) is 0 Å². The molecule has 1 N–H and O–H groups in total. The van der Waals surface area contributed by atoms with Gasteiger partial charge in [-0.2, -0.15) is 0 Å². The molecule has 1 rings (SSSR count). The van der Waals surface area contributed by atoms with E-state index in [1.54, 1.807) is 19.2 Å². The highest BCUT2D eigenvalue weighted by Crippen LogP contribution is 2.22. The van der Waals surface area contributed by atoms with Crippen LogP contribution in [0.2, 0.25) is 0 Å². The van der Waals surface area contributed by atoms with Gasteiger partial charge in [0.05, 0.1) is 13.7 Å². The Kier molecular flexibility index (Phi) is 4.70. The van der Waals surface area contributed by atoms with Gasteiger partial charge in [0, 0.05) is 11.5 Å². The van der Waals surface area contributed by atoms with Gasteiger partial charge in [-0.3, -0.25) is 4.79 Å². The third-order valence-corrected chi connectivity index (χ3v) is 3.02. The van der Waals surface area contributed by atoms with Crippen molar-refractivity contribution in [2.45, 2.75) is 20.8 Å². The third-order valence-electron chi connectivity index (χ3n) is 3.02. The highest BCUT2D eigenvalue weighted by Gasteiger charge is 2.22. The first-order chi connectivity index (χ1) is 8.01. The standard InChI is InChI=1S/C14H20O3/c1-9(2)12(8-15)14(16)11-5-6-13(17-4)10(3)7-11/h5-7,9,12,15H,8H2,1-4H3. The lowest BCUT2D eigenvalue weighted by atomic mass is 9.88. The zero-order chi connectivity index (χ0) is 13.0. The summed E-state index contributed by atoms with van der Waals surface area (Å²) in [6, 6.07) is 5.35. The number of rotatable bonds is 5. The molecule has 0 fully saturated rings. The highest BCUT2D eigenvalue weighted by atomic mass is 16.5. The Labute approximate surface area is 102 Å². The maximum Gasteiger partial charge on any atom is 0.168 e. The highest BCUT2D eigenvalue weighted by molar-refractivity contribution is 5.98. The fourth-order valence-corrected chi connectivity index (χ4v) is 1.84. The van der Waals surface area contributed by atoms with Crippen LogP contribution in [0.15, 0.2) is 18.2 Å². The Morgan fingerprint density at radius 2 is 2.06 bits per heavy atom. The fourth-order valence-electron chi connectivity index (χ4n) is 1.84. The van der Waals surface area contributed by atoms with Crippen molar-refractivity contribution < 1.29 is 14.6 Å². The van der Waals surface area contributed by atoms with E-state index >= 15 is 0 Å². The molecule has 3 heteroatoms. The molecule has 1 atom stereocenters. The molecule has 1 unspecified atom stereocenters. The number of aliphatic hydroxyl groups excluding tert-OH is 1. The second-order valence-corrected chi connectivity index (χ2v) is 4.58. The van der Waals surface area contributed by atoms with Crippen molar-refractivity contribution >= 4 is 5.78 Å². The van der Waals surface area contributed by atoms with Crippen LogP contribution < -0.4 is 4.74 Å². The number of ether oxygens (including phenoxy) is 1. The quantitative estimate of drug-likeness (QED) is 0.799. The van der Waals surface area contributed by atoms with Gasteiger partial charge in [-0.05, 0) is 36.6 Å². The summed E-state index contributed by atoms with van der Waals surface area (Å²) in [6.45, 7) is 5.67. The molecule has 1 aromatic rings. The smallest absolute Gasteiger partial charge is 0.168 e. The van der Waals surface area contributed by atoms with Gasteiger partial charge in [-0.1, -0.05) is 13.8 Å². The van der Waals surface area contributed by atoms with Crippen LogP contribution in [0.25, 0.3) is 0 Å². The van der Waals surface area contributed by atoms with E-state index in [1.807, 2.05) is 26.8 Å². The molecule has 0 radical (unpaired) electrons. The molecule has 0 amide bonds. The van der Waals surface area contributed by atoms with Gasteiger partial charge in [0.25, 0.3) is 0 Å². The lowest BCUT2D eigenvalue weighted by Crippen LogP contribution is -2.24. The van der Waals surface area contributed by atoms with Crippen LogP contribution in [0.3, 0.4) is 0 Å². The van der Waals surface area contributed by atoms with Gasteiger partial charge < -0.3 is 9.84 Å². The summed E-state index contributed by atoms with van der Waals surface area (Å²) in [5.74, 6) is 0.567. The number of hydrogen-bond acceptors (Lipinski definition) is 3.